The Kier molecular flexibility index (Phi) is 4.28. The lowest BCUT2D eigenvalue weighted by atomic mass is 10.2. The van der Waals surface area contributed by atoms with Crippen molar-refractivity contribution in [3.63, 3.8) is 0 Å². The highest BCUT2D eigenvalue weighted by atomic mass is 32.2. The summed E-state index contributed by atoms with van der Waals surface area (Å²) in [6.07, 6.45) is 4.55. The molecule has 0 bridgehead atoms. The molecule has 3 atom stereocenters. The lowest BCUT2D eigenvalue weighted by Crippen LogP contribution is -2.32. The average Bonchev–Trinajstić information content (AvgIpc) is 2.74. The number of thioether (sulfide) groups is 1. The van der Waals surface area contributed by atoms with Crippen molar-refractivity contribution >= 4 is 17.8 Å². The Labute approximate surface area is 113 Å². The Balaban J connectivity index is 2.38. The summed E-state index contributed by atoms with van der Waals surface area (Å²) < 4.78 is 1.40. The predicted octanol–water partition coefficient (Wildman–Crippen LogP) is -0.0730. The Bertz CT molecular complexity index is 592. The van der Waals surface area contributed by atoms with E-state index in [-0.39, 0.29) is 17.2 Å². The number of nitrogens with one attached hydrogen (secondary N) is 1. The van der Waals surface area contributed by atoms with Crippen LogP contribution in [0.3, 0.4) is 0 Å². The minimum atomic E-state index is -0.649. The second-order valence-corrected chi connectivity index (χ2v) is 5.79. The molecule has 2 rings (SSSR count). The van der Waals surface area contributed by atoms with Crippen LogP contribution in [0.15, 0.2) is 21.9 Å². The molecule has 19 heavy (non-hydrogen) atoms. The van der Waals surface area contributed by atoms with Crippen LogP contribution in [0, 0.1) is 0 Å². The molecule has 0 saturated carbocycles. The van der Waals surface area contributed by atoms with Gasteiger partial charge in [-0.25, -0.2) is 4.79 Å². The van der Waals surface area contributed by atoms with E-state index in [0.717, 1.165) is 0 Å². The monoisotopic (exact) mass is 284 g/mol. The zero-order valence-electron chi connectivity index (χ0n) is 10.4. The molecular formula is C12H16N2O4S. The first-order valence-electron chi connectivity index (χ1n) is 5.99. The largest absolute Gasteiger partial charge is 0.395 e. The van der Waals surface area contributed by atoms with Crippen molar-refractivity contribution in [1.29, 1.82) is 0 Å². The average molecular weight is 284 g/mol. The van der Waals surface area contributed by atoms with E-state index in [9.17, 15) is 14.7 Å². The fraction of sp³-hybridized carbons (Fsp3) is 0.500. The molecule has 1 saturated heterocycles. The van der Waals surface area contributed by atoms with Gasteiger partial charge in [0.05, 0.1) is 28.9 Å². The van der Waals surface area contributed by atoms with Crippen LogP contribution in [0.25, 0.3) is 6.08 Å². The summed E-state index contributed by atoms with van der Waals surface area (Å²) in [6.45, 7) is 1.65. The summed E-state index contributed by atoms with van der Waals surface area (Å²) in [7, 11) is 0. The van der Waals surface area contributed by atoms with Crippen LogP contribution in [0.5, 0.6) is 0 Å². The molecule has 0 spiro atoms. The van der Waals surface area contributed by atoms with Gasteiger partial charge in [0.1, 0.15) is 0 Å². The van der Waals surface area contributed by atoms with E-state index in [0.29, 0.717) is 12.0 Å². The molecule has 104 valence electrons. The summed E-state index contributed by atoms with van der Waals surface area (Å²) in [4.78, 5) is 25.6. The number of H-pyrrole nitrogens is 1. The molecular weight excluding hydrogens is 268 g/mol. The van der Waals surface area contributed by atoms with Gasteiger partial charge in [0.25, 0.3) is 5.56 Å². The summed E-state index contributed by atoms with van der Waals surface area (Å²) in [5.74, 6) is 0. The molecule has 0 unspecified atom stereocenters. The fourth-order valence-corrected chi connectivity index (χ4v) is 3.44. The topological polar surface area (TPSA) is 95.3 Å². The zero-order valence-corrected chi connectivity index (χ0v) is 11.3. The van der Waals surface area contributed by atoms with Crippen molar-refractivity contribution in [1.82, 2.24) is 9.55 Å². The molecule has 1 aromatic heterocycles. The fourth-order valence-electron chi connectivity index (χ4n) is 2.06. The number of hydrogen-bond acceptors (Lipinski definition) is 5. The Hall–Kier alpha value is -1.31. The molecule has 0 aliphatic carbocycles. The van der Waals surface area contributed by atoms with Crippen LogP contribution in [0.2, 0.25) is 0 Å². The van der Waals surface area contributed by atoms with Gasteiger partial charge in [-0.15, -0.1) is 11.8 Å². The summed E-state index contributed by atoms with van der Waals surface area (Å²) in [6, 6.07) is 0. The lowest BCUT2D eigenvalue weighted by Gasteiger charge is -2.13. The SMILES string of the molecule is C/C=C/c1cn([C@H]2C[C@H](O)[C@@H](CO)S2)c(=O)[nH]c1=O. The van der Waals surface area contributed by atoms with Crippen molar-refractivity contribution in [3.8, 4) is 0 Å². The van der Waals surface area contributed by atoms with Gasteiger partial charge in [0.2, 0.25) is 0 Å². The van der Waals surface area contributed by atoms with Gasteiger partial charge in [-0.3, -0.25) is 14.3 Å². The second kappa shape index (κ2) is 5.77. The minimum absolute atomic E-state index is 0.137. The molecule has 1 aliphatic rings. The Morgan fingerprint density at radius 2 is 2.32 bits per heavy atom. The van der Waals surface area contributed by atoms with Gasteiger partial charge in [-0.05, 0) is 6.92 Å². The van der Waals surface area contributed by atoms with Crippen LogP contribution in [0.4, 0.5) is 0 Å². The molecule has 0 aromatic carbocycles. The first-order chi connectivity index (χ1) is 9.06. The lowest BCUT2D eigenvalue weighted by molar-refractivity contribution is 0.137. The van der Waals surface area contributed by atoms with E-state index >= 15 is 0 Å². The number of hydrogen-bond donors (Lipinski definition) is 3. The second-order valence-electron chi connectivity index (χ2n) is 4.37. The van der Waals surface area contributed by atoms with Crippen molar-refractivity contribution in [3.05, 3.63) is 38.7 Å². The molecule has 3 N–H and O–H groups in total. The number of aliphatic hydroxyl groups excluding tert-OH is 2. The highest BCUT2D eigenvalue weighted by Crippen LogP contribution is 2.40. The van der Waals surface area contributed by atoms with Crippen LogP contribution in [-0.2, 0) is 0 Å². The number of aromatic nitrogens is 2. The van der Waals surface area contributed by atoms with E-state index in [2.05, 4.69) is 4.98 Å². The van der Waals surface area contributed by atoms with E-state index in [1.165, 1.54) is 22.5 Å². The summed E-state index contributed by atoms with van der Waals surface area (Å²) in [5.41, 5.74) is -0.534. The normalized spacial score (nSPS) is 27.2. The highest BCUT2D eigenvalue weighted by Gasteiger charge is 2.34. The molecule has 7 heteroatoms. The number of nitrogens with zero attached hydrogens (tertiary/aromatic N) is 1. The van der Waals surface area contributed by atoms with Crippen molar-refractivity contribution in [2.45, 2.75) is 30.1 Å². The van der Waals surface area contributed by atoms with Gasteiger partial charge in [0.15, 0.2) is 0 Å². The van der Waals surface area contributed by atoms with Gasteiger partial charge >= 0.3 is 5.69 Å². The molecule has 2 heterocycles. The molecule has 1 fully saturated rings. The minimum Gasteiger partial charge on any atom is -0.395 e. The molecule has 6 nitrogen and oxygen atoms in total. The summed E-state index contributed by atoms with van der Waals surface area (Å²) >= 11 is 1.34. The quantitative estimate of drug-likeness (QED) is 0.722. The van der Waals surface area contributed by atoms with Gasteiger partial charge in [-0.2, -0.15) is 0 Å². The zero-order chi connectivity index (χ0) is 14.0. The van der Waals surface area contributed by atoms with Crippen LogP contribution in [0.1, 0.15) is 24.3 Å². The molecule has 1 aliphatic heterocycles. The van der Waals surface area contributed by atoms with E-state index in [1.54, 1.807) is 19.1 Å². The standard InChI is InChI=1S/C12H16N2O4S/c1-2-3-7-5-14(12(18)13-11(7)17)10-4-8(16)9(6-15)19-10/h2-3,5,8-10,15-16H,4,6H2,1H3,(H,13,17,18)/b3-2+/t8-,9+,10+/m0/s1. The molecule has 0 radical (unpaired) electrons. The Morgan fingerprint density at radius 3 is 2.89 bits per heavy atom. The summed E-state index contributed by atoms with van der Waals surface area (Å²) in [5, 5.41) is 18.3. The first kappa shape index (κ1) is 14.1. The van der Waals surface area contributed by atoms with Crippen LogP contribution >= 0.6 is 11.8 Å². The van der Waals surface area contributed by atoms with E-state index in [1.807, 2.05) is 0 Å². The molecule has 0 amide bonds. The van der Waals surface area contributed by atoms with Gasteiger partial charge in [-0.1, -0.05) is 12.2 Å². The van der Waals surface area contributed by atoms with Gasteiger partial charge < -0.3 is 10.2 Å². The number of aromatic amines is 1. The van der Waals surface area contributed by atoms with Crippen molar-refractivity contribution in [2.75, 3.05) is 6.61 Å². The maximum absolute atomic E-state index is 11.8. The molecule has 1 aromatic rings. The maximum atomic E-state index is 11.8. The Morgan fingerprint density at radius 1 is 1.58 bits per heavy atom. The third kappa shape index (κ3) is 2.83. The van der Waals surface area contributed by atoms with Crippen molar-refractivity contribution in [2.24, 2.45) is 0 Å². The number of allylic oxidation sites excluding steroid dienone is 1. The third-order valence-corrected chi connectivity index (χ3v) is 4.58. The third-order valence-electron chi connectivity index (χ3n) is 3.04. The first-order valence-corrected chi connectivity index (χ1v) is 6.93. The number of aliphatic hydroxyl groups is 2. The van der Waals surface area contributed by atoms with Crippen LogP contribution in [-0.4, -0.2) is 37.7 Å². The van der Waals surface area contributed by atoms with E-state index < -0.39 is 17.4 Å². The maximum Gasteiger partial charge on any atom is 0.329 e. The van der Waals surface area contributed by atoms with Gasteiger partial charge in [0, 0.05) is 12.6 Å². The van der Waals surface area contributed by atoms with Crippen LogP contribution < -0.4 is 11.2 Å². The van der Waals surface area contributed by atoms with Crippen molar-refractivity contribution < 1.29 is 10.2 Å². The smallest absolute Gasteiger partial charge is 0.329 e. The number of rotatable bonds is 3. The van der Waals surface area contributed by atoms with E-state index in [4.69, 9.17) is 5.11 Å². The predicted molar refractivity (Wildman–Crippen MR) is 74.2 cm³/mol. The highest BCUT2D eigenvalue weighted by molar-refractivity contribution is 8.00.